The number of hydrogen-bond acceptors (Lipinski definition) is 5. The van der Waals surface area contributed by atoms with Crippen LogP contribution in [0, 0.1) is 0 Å². The third-order valence-electron chi connectivity index (χ3n) is 4.57. The molecule has 0 radical (unpaired) electrons. The number of rotatable bonds is 11. The number of carbonyl (C=O) groups excluding carboxylic acids is 2. The summed E-state index contributed by atoms with van der Waals surface area (Å²) in [6, 6.07) is 11.8. The molecule has 1 aromatic carbocycles. The predicted octanol–water partition coefficient (Wildman–Crippen LogP) is 7.20. The maximum Gasteiger partial charge on any atom is 0.412 e. The van der Waals surface area contributed by atoms with Crippen LogP contribution in [0.15, 0.2) is 36.4 Å². The van der Waals surface area contributed by atoms with Gasteiger partial charge in [-0.05, 0) is 38.8 Å². The molecular weight excluding hydrogens is 410 g/mol. The molecule has 0 atom stereocenters. The van der Waals surface area contributed by atoms with Gasteiger partial charge in [0.25, 0.3) is 0 Å². The van der Waals surface area contributed by atoms with Crippen LogP contribution in [-0.4, -0.2) is 24.3 Å². The number of hydrogen-bond donors (Lipinski definition) is 1. The molecule has 0 bridgehead atoms. The Balaban J connectivity index is 2.00. The fourth-order valence-corrected chi connectivity index (χ4v) is 4.14. The van der Waals surface area contributed by atoms with Crippen LogP contribution in [0.25, 0.3) is 0 Å². The monoisotopic (exact) mass is 445 g/mol. The molecule has 0 aliphatic carbocycles. The van der Waals surface area contributed by atoms with E-state index in [4.69, 9.17) is 9.47 Å². The molecule has 5 nitrogen and oxygen atoms in total. The van der Waals surface area contributed by atoms with Crippen molar-refractivity contribution in [3.63, 3.8) is 0 Å². The largest absolute Gasteiger partial charge is 0.456 e. The minimum Gasteiger partial charge on any atom is -0.456 e. The highest BCUT2D eigenvalue weighted by atomic mass is 32.1. The molecule has 31 heavy (non-hydrogen) atoms. The minimum absolute atomic E-state index is 0.363. The van der Waals surface area contributed by atoms with Gasteiger partial charge in [0.1, 0.15) is 10.6 Å². The van der Waals surface area contributed by atoms with Gasteiger partial charge in [0.2, 0.25) is 0 Å². The van der Waals surface area contributed by atoms with Crippen LogP contribution in [0.1, 0.15) is 87.0 Å². The molecule has 0 aliphatic rings. The van der Waals surface area contributed by atoms with E-state index in [1.54, 1.807) is 6.07 Å². The Bertz CT molecular complexity index is 824. The van der Waals surface area contributed by atoms with Gasteiger partial charge in [-0.15, -0.1) is 11.3 Å². The first kappa shape index (κ1) is 24.9. The van der Waals surface area contributed by atoms with Crippen molar-refractivity contribution in [3.05, 3.63) is 52.4 Å². The Labute approximate surface area is 190 Å². The number of nitrogens with one attached hydrogen (secondary N) is 1. The third kappa shape index (κ3) is 9.55. The Morgan fingerprint density at radius 2 is 1.68 bits per heavy atom. The lowest BCUT2D eigenvalue weighted by atomic mass is 10.1. The van der Waals surface area contributed by atoms with Crippen LogP contribution in [0.5, 0.6) is 0 Å². The van der Waals surface area contributed by atoms with E-state index in [9.17, 15) is 9.59 Å². The van der Waals surface area contributed by atoms with Crippen LogP contribution in [0.4, 0.5) is 9.80 Å². The molecular formula is C25H35NO4S. The lowest BCUT2D eigenvalue weighted by Gasteiger charge is -2.19. The lowest BCUT2D eigenvalue weighted by Crippen LogP contribution is -2.24. The summed E-state index contributed by atoms with van der Waals surface area (Å²) >= 11 is 1.38. The number of unbranched alkanes of at least 4 members (excludes halogenated alkanes) is 5. The number of ether oxygens (including phenoxy) is 2. The standard InChI is InChI=1S/C25H35NO4S/c1-5-6-7-8-9-13-16-29-24(28)26-22-21(23(27)30-25(2,3)4)18-20(31-22)17-19-14-11-10-12-15-19/h10-12,14-15,18H,5-9,13,16-17H2,1-4H3,(H,26,28). The van der Waals surface area contributed by atoms with Crippen molar-refractivity contribution in [1.29, 1.82) is 0 Å². The van der Waals surface area contributed by atoms with Gasteiger partial charge in [0.15, 0.2) is 0 Å². The van der Waals surface area contributed by atoms with Gasteiger partial charge in [0.05, 0.1) is 12.2 Å². The van der Waals surface area contributed by atoms with Gasteiger partial charge in [-0.2, -0.15) is 0 Å². The molecule has 0 saturated carbocycles. The van der Waals surface area contributed by atoms with Gasteiger partial charge in [0, 0.05) is 11.3 Å². The third-order valence-corrected chi connectivity index (χ3v) is 5.62. The van der Waals surface area contributed by atoms with Crippen molar-refractivity contribution in [2.24, 2.45) is 0 Å². The van der Waals surface area contributed by atoms with E-state index < -0.39 is 17.7 Å². The highest BCUT2D eigenvalue weighted by Crippen LogP contribution is 2.31. The highest BCUT2D eigenvalue weighted by Gasteiger charge is 2.24. The summed E-state index contributed by atoms with van der Waals surface area (Å²) in [5.74, 6) is -0.450. The van der Waals surface area contributed by atoms with Gasteiger partial charge in [-0.3, -0.25) is 5.32 Å². The Morgan fingerprint density at radius 1 is 1.00 bits per heavy atom. The van der Waals surface area contributed by atoms with Crippen molar-refractivity contribution in [3.8, 4) is 0 Å². The zero-order valence-corrected chi connectivity index (χ0v) is 20.0. The van der Waals surface area contributed by atoms with Gasteiger partial charge in [-0.25, -0.2) is 9.59 Å². The second-order valence-corrected chi connectivity index (χ2v) is 9.79. The van der Waals surface area contributed by atoms with Crippen LogP contribution >= 0.6 is 11.3 Å². The molecule has 0 unspecified atom stereocenters. The fourth-order valence-electron chi connectivity index (χ4n) is 3.08. The molecule has 170 valence electrons. The second kappa shape index (κ2) is 12.5. The first-order chi connectivity index (χ1) is 14.8. The molecule has 2 rings (SSSR count). The summed E-state index contributed by atoms with van der Waals surface area (Å²) in [6.45, 7) is 8.04. The van der Waals surface area contributed by atoms with Gasteiger partial charge in [-0.1, -0.05) is 69.4 Å². The van der Waals surface area contributed by atoms with E-state index in [2.05, 4.69) is 12.2 Å². The quantitative estimate of drug-likeness (QED) is 0.293. The molecule has 0 spiro atoms. The Kier molecular flexibility index (Phi) is 10.0. The van der Waals surface area contributed by atoms with E-state index in [-0.39, 0.29) is 0 Å². The molecule has 1 N–H and O–H groups in total. The van der Waals surface area contributed by atoms with Gasteiger partial charge < -0.3 is 9.47 Å². The predicted molar refractivity (Wildman–Crippen MR) is 127 cm³/mol. The van der Waals surface area contributed by atoms with Crippen molar-refractivity contribution >= 4 is 28.4 Å². The number of benzene rings is 1. The molecule has 1 heterocycles. The van der Waals surface area contributed by atoms with E-state index >= 15 is 0 Å². The smallest absolute Gasteiger partial charge is 0.412 e. The number of anilines is 1. The van der Waals surface area contributed by atoms with Crippen LogP contribution in [-0.2, 0) is 15.9 Å². The zero-order chi connectivity index (χ0) is 22.7. The molecule has 1 amide bonds. The molecule has 0 saturated heterocycles. The van der Waals surface area contributed by atoms with Crippen LogP contribution in [0.2, 0.25) is 0 Å². The number of amides is 1. The highest BCUT2D eigenvalue weighted by molar-refractivity contribution is 7.16. The fraction of sp³-hybridized carbons (Fsp3) is 0.520. The normalized spacial score (nSPS) is 11.2. The van der Waals surface area contributed by atoms with E-state index in [0.717, 1.165) is 29.7 Å². The average molecular weight is 446 g/mol. The molecule has 2 aromatic rings. The van der Waals surface area contributed by atoms with Crippen molar-refractivity contribution in [2.45, 2.75) is 78.2 Å². The topological polar surface area (TPSA) is 64.6 Å². The first-order valence-electron chi connectivity index (χ1n) is 11.1. The SMILES string of the molecule is CCCCCCCCOC(=O)Nc1sc(Cc2ccccc2)cc1C(=O)OC(C)(C)C. The maximum atomic E-state index is 12.7. The van der Waals surface area contributed by atoms with E-state index in [0.29, 0.717) is 23.6 Å². The van der Waals surface area contributed by atoms with E-state index in [1.165, 1.54) is 30.6 Å². The van der Waals surface area contributed by atoms with Crippen molar-refractivity contribution < 1.29 is 19.1 Å². The van der Waals surface area contributed by atoms with Crippen LogP contribution < -0.4 is 5.32 Å². The molecule has 0 fully saturated rings. The molecule has 0 aliphatic heterocycles. The van der Waals surface area contributed by atoms with E-state index in [1.807, 2.05) is 51.1 Å². The lowest BCUT2D eigenvalue weighted by molar-refractivity contribution is 0.00712. The zero-order valence-electron chi connectivity index (χ0n) is 19.2. The molecule has 6 heteroatoms. The number of carbonyl (C=O) groups is 2. The maximum absolute atomic E-state index is 12.7. The summed E-state index contributed by atoms with van der Waals surface area (Å²) in [6.07, 6.45) is 6.89. The summed E-state index contributed by atoms with van der Waals surface area (Å²) in [4.78, 5) is 26.0. The first-order valence-corrected chi connectivity index (χ1v) is 11.9. The Morgan fingerprint density at radius 3 is 2.35 bits per heavy atom. The van der Waals surface area contributed by atoms with Crippen molar-refractivity contribution in [2.75, 3.05) is 11.9 Å². The Hall–Kier alpha value is -2.34. The van der Waals surface area contributed by atoms with Gasteiger partial charge >= 0.3 is 12.1 Å². The van der Waals surface area contributed by atoms with Crippen molar-refractivity contribution in [1.82, 2.24) is 0 Å². The number of thiophene rings is 1. The summed E-state index contributed by atoms with van der Waals surface area (Å²) in [5.41, 5.74) is 0.882. The summed E-state index contributed by atoms with van der Waals surface area (Å²) in [5, 5.41) is 3.22. The average Bonchev–Trinajstić information content (AvgIpc) is 3.09. The summed E-state index contributed by atoms with van der Waals surface area (Å²) in [7, 11) is 0. The van der Waals surface area contributed by atoms with Crippen LogP contribution in [0.3, 0.4) is 0 Å². The second-order valence-electron chi connectivity index (χ2n) is 8.65. The minimum atomic E-state index is -0.617. The molecule has 1 aromatic heterocycles. The summed E-state index contributed by atoms with van der Waals surface area (Å²) < 4.78 is 10.9. The number of esters is 1.